The second-order valence-corrected chi connectivity index (χ2v) is 7.29. The molecule has 1 rings (SSSR count). The molecule has 0 unspecified atom stereocenters. The van der Waals surface area contributed by atoms with E-state index in [-0.39, 0.29) is 19.1 Å². The summed E-state index contributed by atoms with van der Waals surface area (Å²) in [5.41, 5.74) is -0.676. The summed E-state index contributed by atoms with van der Waals surface area (Å²) in [4.78, 5) is 14.4. The van der Waals surface area contributed by atoms with Crippen LogP contribution in [0.1, 0.15) is 11.8 Å². The molecular weight excluding hydrogens is 330 g/mol. The van der Waals surface area contributed by atoms with E-state index in [2.05, 4.69) is 15.9 Å². The first kappa shape index (κ1) is 16.4. The van der Waals surface area contributed by atoms with Crippen LogP contribution in [0.15, 0.2) is 22.0 Å². The van der Waals surface area contributed by atoms with E-state index < -0.39 is 5.41 Å². The fourth-order valence-electron chi connectivity index (χ4n) is 1.50. The highest BCUT2D eigenvalue weighted by Gasteiger charge is 2.25. The number of likely N-dealkylation sites (N-methyl/N-ethyl adjacent to an activating group) is 1. The zero-order valence-electron chi connectivity index (χ0n) is 11.0. The summed E-state index contributed by atoms with van der Waals surface area (Å²) in [5, 5.41) is 18.4. The van der Waals surface area contributed by atoms with E-state index in [1.54, 1.807) is 31.4 Å². The Morgan fingerprint density at radius 3 is 2.58 bits per heavy atom. The number of carbonyl (C=O) groups excluding carboxylic acids is 1. The number of carbonyl (C=O) groups is 1. The summed E-state index contributed by atoms with van der Waals surface area (Å²) in [6, 6.07) is 3.84. The second-order valence-electron chi connectivity index (χ2n) is 4.80. The van der Waals surface area contributed by atoms with Gasteiger partial charge in [0.2, 0.25) is 5.91 Å². The molecule has 1 aromatic rings. The van der Waals surface area contributed by atoms with Gasteiger partial charge in [-0.05, 0) is 34.1 Å². The average Bonchev–Trinajstić information content (AvgIpc) is 2.81. The van der Waals surface area contributed by atoms with Crippen molar-refractivity contribution in [3.63, 3.8) is 0 Å². The molecule has 0 aliphatic heterocycles. The van der Waals surface area contributed by atoms with Gasteiger partial charge in [0.1, 0.15) is 0 Å². The number of amides is 1. The van der Waals surface area contributed by atoms with Crippen molar-refractivity contribution in [2.24, 2.45) is 5.41 Å². The van der Waals surface area contributed by atoms with Crippen molar-refractivity contribution in [2.45, 2.75) is 6.92 Å². The minimum atomic E-state index is -0.676. The van der Waals surface area contributed by atoms with Crippen molar-refractivity contribution < 1.29 is 15.0 Å². The van der Waals surface area contributed by atoms with Gasteiger partial charge < -0.3 is 15.1 Å². The number of hydrogen-bond donors (Lipinski definition) is 2. The SMILES string of the molecule is CN(CC(C)(CO)CO)C(=O)/C=C/c1ccc(Br)s1. The number of thiophene rings is 1. The Balaban J connectivity index is 2.60. The minimum absolute atomic E-state index is 0.155. The molecule has 1 amide bonds. The molecular formula is C13H18BrNO3S. The van der Waals surface area contributed by atoms with Crippen LogP contribution < -0.4 is 0 Å². The van der Waals surface area contributed by atoms with E-state index in [0.29, 0.717) is 6.54 Å². The third-order valence-electron chi connectivity index (χ3n) is 2.74. The standard InChI is InChI=1S/C13H18BrNO3S/c1-13(8-16,9-17)7-15(2)12(18)6-4-10-3-5-11(14)19-10/h3-6,16-17H,7-9H2,1-2H3/b6-4+. The number of rotatable bonds is 6. The Morgan fingerprint density at radius 1 is 1.47 bits per heavy atom. The fourth-order valence-corrected chi connectivity index (χ4v) is 2.83. The summed E-state index contributed by atoms with van der Waals surface area (Å²) in [7, 11) is 1.65. The van der Waals surface area contributed by atoms with Gasteiger partial charge in [0.15, 0.2) is 0 Å². The highest BCUT2D eigenvalue weighted by atomic mass is 79.9. The van der Waals surface area contributed by atoms with Crippen molar-refractivity contribution >= 4 is 39.2 Å². The van der Waals surface area contributed by atoms with Gasteiger partial charge in [0.25, 0.3) is 0 Å². The summed E-state index contributed by atoms with van der Waals surface area (Å²) in [5.74, 6) is -0.155. The predicted molar refractivity (Wildman–Crippen MR) is 81.0 cm³/mol. The van der Waals surface area contributed by atoms with E-state index in [0.717, 1.165) is 8.66 Å². The zero-order chi connectivity index (χ0) is 14.5. The molecule has 0 saturated heterocycles. The molecule has 0 aromatic carbocycles. The number of aliphatic hydroxyl groups is 2. The van der Waals surface area contributed by atoms with E-state index >= 15 is 0 Å². The van der Waals surface area contributed by atoms with Gasteiger partial charge in [-0.3, -0.25) is 4.79 Å². The maximum Gasteiger partial charge on any atom is 0.246 e. The summed E-state index contributed by atoms with van der Waals surface area (Å²) in [6.07, 6.45) is 3.25. The summed E-state index contributed by atoms with van der Waals surface area (Å²) in [6.45, 7) is 1.71. The number of aliphatic hydroxyl groups excluding tert-OH is 2. The molecule has 0 aliphatic carbocycles. The molecule has 1 aromatic heterocycles. The molecule has 4 nitrogen and oxygen atoms in total. The lowest BCUT2D eigenvalue weighted by Crippen LogP contribution is -2.41. The van der Waals surface area contributed by atoms with Crippen LogP contribution in [0.3, 0.4) is 0 Å². The van der Waals surface area contributed by atoms with Crippen LogP contribution in [0.4, 0.5) is 0 Å². The number of nitrogens with zero attached hydrogens (tertiary/aromatic N) is 1. The third-order valence-corrected chi connectivity index (χ3v) is 4.33. The van der Waals surface area contributed by atoms with Gasteiger partial charge in [-0.2, -0.15) is 0 Å². The highest BCUT2D eigenvalue weighted by Crippen LogP contribution is 2.23. The molecule has 0 saturated carbocycles. The highest BCUT2D eigenvalue weighted by molar-refractivity contribution is 9.11. The first-order valence-electron chi connectivity index (χ1n) is 5.80. The number of hydrogen-bond acceptors (Lipinski definition) is 4. The monoisotopic (exact) mass is 347 g/mol. The quantitative estimate of drug-likeness (QED) is 0.773. The van der Waals surface area contributed by atoms with E-state index in [1.165, 1.54) is 11.0 Å². The molecule has 106 valence electrons. The van der Waals surface area contributed by atoms with Crippen molar-refractivity contribution in [2.75, 3.05) is 26.8 Å². The molecule has 1 heterocycles. The van der Waals surface area contributed by atoms with Crippen LogP contribution in [0.25, 0.3) is 6.08 Å². The van der Waals surface area contributed by atoms with Crippen molar-refractivity contribution in [3.8, 4) is 0 Å². The Labute approximate surface area is 125 Å². The maximum absolute atomic E-state index is 11.9. The first-order chi connectivity index (χ1) is 8.90. The Hall–Kier alpha value is -0.690. The van der Waals surface area contributed by atoms with Crippen molar-refractivity contribution in [3.05, 3.63) is 26.9 Å². The molecule has 0 spiro atoms. The van der Waals surface area contributed by atoms with Crippen LogP contribution in [-0.2, 0) is 4.79 Å². The maximum atomic E-state index is 11.9. The van der Waals surface area contributed by atoms with Crippen molar-refractivity contribution in [1.82, 2.24) is 4.90 Å². The normalized spacial score (nSPS) is 12.1. The number of halogens is 1. The first-order valence-corrected chi connectivity index (χ1v) is 7.41. The van der Waals surface area contributed by atoms with E-state index in [1.807, 2.05) is 12.1 Å². The zero-order valence-corrected chi connectivity index (χ0v) is 13.4. The van der Waals surface area contributed by atoms with Gasteiger partial charge in [-0.15, -0.1) is 11.3 Å². The van der Waals surface area contributed by atoms with Crippen LogP contribution in [-0.4, -0.2) is 47.8 Å². The molecule has 0 atom stereocenters. The molecule has 6 heteroatoms. The molecule has 0 fully saturated rings. The van der Waals surface area contributed by atoms with Gasteiger partial charge in [0, 0.05) is 30.0 Å². The molecule has 0 radical (unpaired) electrons. The second kappa shape index (κ2) is 7.19. The van der Waals surface area contributed by atoms with Crippen LogP contribution in [0, 0.1) is 5.41 Å². The molecule has 0 aliphatic rings. The van der Waals surface area contributed by atoms with Crippen LogP contribution in [0.2, 0.25) is 0 Å². The topological polar surface area (TPSA) is 60.8 Å². The Morgan fingerprint density at radius 2 is 2.11 bits per heavy atom. The Bertz CT molecular complexity index is 454. The lowest BCUT2D eigenvalue weighted by Gasteiger charge is -2.29. The predicted octanol–water partition coefficient (Wildman–Crippen LogP) is 1.97. The third kappa shape index (κ3) is 5.06. The van der Waals surface area contributed by atoms with Gasteiger partial charge in [-0.25, -0.2) is 0 Å². The Kier molecular flexibility index (Phi) is 6.19. The van der Waals surface area contributed by atoms with Gasteiger partial charge >= 0.3 is 0 Å². The molecule has 0 bridgehead atoms. The van der Waals surface area contributed by atoms with Crippen LogP contribution in [0.5, 0.6) is 0 Å². The largest absolute Gasteiger partial charge is 0.396 e. The lowest BCUT2D eigenvalue weighted by atomic mass is 9.92. The fraction of sp³-hybridized carbons (Fsp3) is 0.462. The lowest BCUT2D eigenvalue weighted by molar-refractivity contribution is -0.126. The smallest absolute Gasteiger partial charge is 0.246 e. The van der Waals surface area contributed by atoms with Gasteiger partial charge in [0.05, 0.1) is 17.0 Å². The van der Waals surface area contributed by atoms with Crippen LogP contribution >= 0.6 is 27.3 Å². The summed E-state index contributed by atoms with van der Waals surface area (Å²) < 4.78 is 1.01. The minimum Gasteiger partial charge on any atom is -0.396 e. The van der Waals surface area contributed by atoms with E-state index in [4.69, 9.17) is 0 Å². The molecule has 19 heavy (non-hydrogen) atoms. The van der Waals surface area contributed by atoms with E-state index in [9.17, 15) is 15.0 Å². The molecule has 2 N–H and O–H groups in total. The summed E-state index contributed by atoms with van der Waals surface area (Å²) >= 11 is 4.90. The van der Waals surface area contributed by atoms with Crippen molar-refractivity contribution in [1.29, 1.82) is 0 Å². The average molecular weight is 348 g/mol. The van der Waals surface area contributed by atoms with Gasteiger partial charge in [-0.1, -0.05) is 6.92 Å².